The molecule has 0 aromatic carbocycles. The summed E-state index contributed by atoms with van der Waals surface area (Å²) in [4.78, 5) is 4.79. The molecule has 0 bridgehead atoms. The van der Waals surface area contributed by atoms with E-state index >= 15 is 0 Å². The summed E-state index contributed by atoms with van der Waals surface area (Å²) in [7, 11) is 4.39. The Labute approximate surface area is 116 Å². The normalized spacial score (nSPS) is 18.4. The van der Waals surface area contributed by atoms with Gasteiger partial charge in [0.15, 0.2) is 0 Å². The maximum absolute atomic E-state index is 5.75. The summed E-state index contributed by atoms with van der Waals surface area (Å²) < 4.78 is 5.75. The van der Waals surface area contributed by atoms with Crippen LogP contribution in [0.3, 0.4) is 0 Å². The lowest BCUT2D eigenvalue weighted by atomic mass is 9.97. The first-order valence-electron chi connectivity index (χ1n) is 7.24. The number of hydrogen-bond donors (Lipinski definition) is 1. The van der Waals surface area contributed by atoms with Crippen LogP contribution in [0.15, 0.2) is 10.5 Å². The van der Waals surface area contributed by atoms with Gasteiger partial charge in [-0.2, -0.15) is 0 Å². The van der Waals surface area contributed by atoms with Crippen molar-refractivity contribution in [3.8, 4) is 0 Å². The first kappa shape index (κ1) is 14.6. The highest BCUT2D eigenvalue weighted by molar-refractivity contribution is 5.20. The molecule has 0 saturated carbocycles. The molecule has 1 aromatic heterocycles. The second-order valence-electron chi connectivity index (χ2n) is 5.94. The lowest BCUT2D eigenvalue weighted by Gasteiger charge is -2.31. The molecule has 0 aliphatic carbocycles. The molecule has 4 heteroatoms. The van der Waals surface area contributed by atoms with Crippen molar-refractivity contribution in [1.29, 1.82) is 0 Å². The monoisotopic (exact) mass is 265 g/mol. The van der Waals surface area contributed by atoms with Crippen molar-refractivity contribution in [2.24, 2.45) is 11.7 Å². The molecule has 1 aliphatic heterocycles. The lowest BCUT2D eigenvalue weighted by Crippen LogP contribution is -2.35. The third kappa shape index (κ3) is 4.06. The predicted octanol–water partition coefficient (Wildman–Crippen LogP) is 1.82. The molecule has 0 radical (unpaired) electrons. The molecule has 108 valence electrons. The summed E-state index contributed by atoms with van der Waals surface area (Å²) in [6.07, 6.45) is 2.62. The van der Waals surface area contributed by atoms with Crippen LogP contribution < -0.4 is 5.73 Å². The van der Waals surface area contributed by atoms with Crippen molar-refractivity contribution >= 4 is 0 Å². The van der Waals surface area contributed by atoms with E-state index < -0.39 is 0 Å². The number of aryl methyl sites for hydroxylation is 1. The highest BCUT2D eigenvalue weighted by Crippen LogP contribution is 2.19. The first-order valence-corrected chi connectivity index (χ1v) is 7.24. The quantitative estimate of drug-likeness (QED) is 0.882. The Morgan fingerprint density at radius 1 is 1.42 bits per heavy atom. The highest BCUT2D eigenvalue weighted by Gasteiger charge is 2.18. The maximum Gasteiger partial charge on any atom is 0.118 e. The molecule has 4 nitrogen and oxygen atoms in total. The van der Waals surface area contributed by atoms with Crippen LogP contribution in [0.4, 0.5) is 0 Å². The second kappa shape index (κ2) is 6.55. The van der Waals surface area contributed by atoms with Crippen molar-refractivity contribution in [2.75, 3.05) is 33.7 Å². The molecular formula is C15H27N3O. The van der Waals surface area contributed by atoms with Gasteiger partial charge in [0.25, 0.3) is 0 Å². The molecule has 1 fully saturated rings. The van der Waals surface area contributed by atoms with Crippen LogP contribution in [0.5, 0.6) is 0 Å². The van der Waals surface area contributed by atoms with E-state index in [0.717, 1.165) is 36.1 Å². The van der Waals surface area contributed by atoms with Gasteiger partial charge >= 0.3 is 0 Å². The zero-order valence-corrected chi connectivity index (χ0v) is 12.5. The lowest BCUT2D eigenvalue weighted by molar-refractivity contribution is 0.168. The van der Waals surface area contributed by atoms with Crippen molar-refractivity contribution in [1.82, 2.24) is 9.80 Å². The fourth-order valence-electron chi connectivity index (χ4n) is 2.88. The molecular weight excluding hydrogens is 238 g/mol. The van der Waals surface area contributed by atoms with Gasteiger partial charge in [-0.25, -0.2) is 0 Å². The Morgan fingerprint density at radius 3 is 2.68 bits per heavy atom. The van der Waals surface area contributed by atoms with Gasteiger partial charge in [-0.05, 0) is 58.9 Å². The van der Waals surface area contributed by atoms with E-state index in [-0.39, 0.29) is 0 Å². The van der Waals surface area contributed by atoms with Crippen molar-refractivity contribution < 1.29 is 4.42 Å². The van der Waals surface area contributed by atoms with E-state index in [2.05, 4.69) is 30.0 Å². The number of nitrogens with two attached hydrogens (primary N) is 1. The van der Waals surface area contributed by atoms with Gasteiger partial charge in [0, 0.05) is 18.7 Å². The van der Waals surface area contributed by atoms with Gasteiger partial charge in [0.2, 0.25) is 0 Å². The largest absolute Gasteiger partial charge is 0.465 e. The molecule has 1 aromatic rings. The average molecular weight is 265 g/mol. The smallest absolute Gasteiger partial charge is 0.118 e. The Kier molecular flexibility index (Phi) is 5.02. The molecule has 0 unspecified atom stereocenters. The zero-order chi connectivity index (χ0) is 13.8. The Hall–Kier alpha value is -0.840. The molecule has 2 N–H and O–H groups in total. The van der Waals surface area contributed by atoms with Crippen molar-refractivity contribution in [3.63, 3.8) is 0 Å². The topological polar surface area (TPSA) is 45.6 Å². The predicted molar refractivity (Wildman–Crippen MR) is 77.9 cm³/mol. The van der Waals surface area contributed by atoms with Gasteiger partial charge in [0.05, 0.1) is 6.54 Å². The third-order valence-electron chi connectivity index (χ3n) is 4.13. The summed E-state index contributed by atoms with van der Waals surface area (Å²) in [6, 6.07) is 2.10. The summed E-state index contributed by atoms with van der Waals surface area (Å²) in [5.74, 6) is 2.82. The van der Waals surface area contributed by atoms with Gasteiger partial charge in [-0.1, -0.05) is 0 Å². The fourth-order valence-corrected chi connectivity index (χ4v) is 2.88. The van der Waals surface area contributed by atoms with Gasteiger partial charge in [-0.3, -0.25) is 4.90 Å². The molecule has 1 aliphatic rings. The summed E-state index contributed by atoms with van der Waals surface area (Å²) in [5, 5.41) is 0. The zero-order valence-electron chi connectivity index (χ0n) is 12.5. The summed E-state index contributed by atoms with van der Waals surface area (Å²) in [5.41, 5.74) is 6.81. The van der Waals surface area contributed by atoms with Gasteiger partial charge in [0.1, 0.15) is 11.5 Å². The standard InChI is InChI=1S/C15H27N3O/c1-12-14(9-16)8-15(19-12)11-18(3)10-13-4-6-17(2)7-5-13/h8,13H,4-7,9-11,16H2,1-3H3. The summed E-state index contributed by atoms with van der Waals surface area (Å²) >= 11 is 0. The second-order valence-corrected chi connectivity index (χ2v) is 5.94. The van der Waals surface area contributed by atoms with Crippen LogP contribution in [0.25, 0.3) is 0 Å². The van der Waals surface area contributed by atoms with Crippen LogP contribution in [0.2, 0.25) is 0 Å². The number of nitrogens with zero attached hydrogens (tertiary/aromatic N) is 2. The molecule has 0 atom stereocenters. The van der Waals surface area contributed by atoms with E-state index in [9.17, 15) is 0 Å². The Bertz CT molecular complexity index is 394. The van der Waals surface area contributed by atoms with Crippen molar-refractivity contribution in [3.05, 3.63) is 23.2 Å². The molecule has 1 saturated heterocycles. The van der Waals surface area contributed by atoms with E-state index in [4.69, 9.17) is 10.2 Å². The summed E-state index contributed by atoms with van der Waals surface area (Å²) in [6.45, 7) is 7.06. The molecule has 2 rings (SSSR count). The van der Waals surface area contributed by atoms with Crippen LogP contribution in [0.1, 0.15) is 29.9 Å². The number of rotatable bonds is 5. The Balaban J connectivity index is 1.81. The number of furan rings is 1. The van der Waals surface area contributed by atoms with Crippen LogP contribution in [-0.2, 0) is 13.1 Å². The van der Waals surface area contributed by atoms with Crippen LogP contribution in [0, 0.1) is 12.8 Å². The molecule has 2 heterocycles. The Morgan fingerprint density at radius 2 is 2.11 bits per heavy atom. The number of hydrogen-bond acceptors (Lipinski definition) is 4. The minimum Gasteiger partial charge on any atom is -0.465 e. The minimum absolute atomic E-state index is 0.563. The number of likely N-dealkylation sites (tertiary alicyclic amines) is 1. The minimum atomic E-state index is 0.563. The maximum atomic E-state index is 5.75. The van der Waals surface area contributed by atoms with Gasteiger partial charge < -0.3 is 15.1 Å². The third-order valence-corrected chi connectivity index (χ3v) is 4.13. The molecule has 0 spiro atoms. The highest BCUT2D eigenvalue weighted by atomic mass is 16.3. The van der Waals surface area contributed by atoms with Crippen molar-refractivity contribution in [2.45, 2.75) is 32.9 Å². The fraction of sp³-hybridized carbons (Fsp3) is 0.733. The van der Waals surface area contributed by atoms with Gasteiger partial charge in [-0.15, -0.1) is 0 Å². The molecule has 0 amide bonds. The average Bonchev–Trinajstić information content (AvgIpc) is 2.72. The SMILES string of the molecule is Cc1oc(CN(C)CC2CCN(C)CC2)cc1CN. The van der Waals surface area contributed by atoms with E-state index in [1.54, 1.807) is 0 Å². The van der Waals surface area contributed by atoms with E-state index in [1.807, 2.05) is 6.92 Å². The van der Waals surface area contributed by atoms with Crippen LogP contribution in [-0.4, -0.2) is 43.5 Å². The van der Waals surface area contributed by atoms with Crippen LogP contribution >= 0.6 is 0 Å². The molecule has 19 heavy (non-hydrogen) atoms. The van der Waals surface area contributed by atoms with E-state index in [1.165, 1.54) is 25.9 Å². The van der Waals surface area contributed by atoms with E-state index in [0.29, 0.717) is 6.54 Å². The first-order chi connectivity index (χ1) is 9.08. The number of piperidine rings is 1.